The number of hydrogen-bond acceptors (Lipinski definition) is 6. The van der Waals surface area contributed by atoms with Crippen molar-refractivity contribution in [3.05, 3.63) is 35.4 Å². The quantitative estimate of drug-likeness (QED) is 0.540. The van der Waals surface area contributed by atoms with Gasteiger partial charge < -0.3 is 9.47 Å². The molecule has 6 nitrogen and oxygen atoms in total. The molecule has 0 radical (unpaired) electrons. The molecule has 0 amide bonds. The minimum Gasteiger partial charge on any atom is -0.465 e. The van der Waals surface area contributed by atoms with Gasteiger partial charge in [-0.1, -0.05) is 36.8 Å². The minimum atomic E-state index is -3.67. The summed E-state index contributed by atoms with van der Waals surface area (Å²) >= 11 is 0. The summed E-state index contributed by atoms with van der Waals surface area (Å²) in [5.41, 5.74) is -0.207. The van der Waals surface area contributed by atoms with Crippen LogP contribution in [0.4, 0.5) is 0 Å². The van der Waals surface area contributed by atoms with E-state index < -0.39 is 38.4 Å². The van der Waals surface area contributed by atoms with E-state index in [9.17, 15) is 18.0 Å². The molecule has 0 unspecified atom stereocenters. The predicted octanol–water partition coefficient (Wildman–Crippen LogP) is 2.01. The molecule has 138 valence electrons. The van der Waals surface area contributed by atoms with Gasteiger partial charge >= 0.3 is 11.9 Å². The Balaban J connectivity index is 2.61. The van der Waals surface area contributed by atoms with Crippen LogP contribution in [0.3, 0.4) is 0 Å². The largest absolute Gasteiger partial charge is 0.465 e. The van der Waals surface area contributed by atoms with Gasteiger partial charge in [0.15, 0.2) is 15.3 Å². The molecule has 0 heterocycles. The van der Waals surface area contributed by atoms with Gasteiger partial charge in [0.25, 0.3) is 0 Å². The zero-order chi connectivity index (χ0) is 18.8. The number of rotatable bonds is 7. The molecule has 25 heavy (non-hydrogen) atoms. The molecule has 0 aromatic heterocycles. The summed E-state index contributed by atoms with van der Waals surface area (Å²) in [4.78, 5) is 25.4. The lowest BCUT2D eigenvalue weighted by atomic mass is 9.98. The minimum absolute atomic E-state index is 0.0551. The summed E-state index contributed by atoms with van der Waals surface area (Å²) in [5.74, 6) is -2.63. The first-order chi connectivity index (χ1) is 11.8. The standard InChI is InChI=1S/C18H24O6S/c1-5-23-16(19)18(17(20)24-6-2)14(15(18)25(21,22)7-3)13-10-8-12(4)9-11-13/h8-11,14-15H,5-7H2,1-4H3/t14-,15+/m1/s1. The summed E-state index contributed by atoms with van der Waals surface area (Å²) in [6.45, 7) is 6.74. The van der Waals surface area contributed by atoms with Crippen LogP contribution in [0.15, 0.2) is 24.3 Å². The molecule has 0 saturated heterocycles. The van der Waals surface area contributed by atoms with Gasteiger partial charge in [0.1, 0.15) is 0 Å². The highest BCUT2D eigenvalue weighted by Crippen LogP contribution is 2.64. The highest BCUT2D eigenvalue weighted by Gasteiger charge is 2.81. The van der Waals surface area contributed by atoms with Crippen molar-refractivity contribution in [1.82, 2.24) is 0 Å². The molecule has 0 N–H and O–H groups in total. The van der Waals surface area contributed by atoms with Crippen LogP contribution in [0.5, 0.6) is 0 Å². The number of carbonyl (C=O) groups excluding carboxylic acids is 2. The maximum absolute atomic E-state index is 12.7. The number of sulfone groups is 1. The lowest BCUT2D eigenvalue weighted by molar-refractivity contribution is -0.164. The van der Waals surface area contributed by atoms with Crippen LogP contribution < -0.4 is 0 Å². The van der Waals surface area contributed by atoms with Crippen molar-refractivity contribution in [2.24, 2.45) is 5.41 Å². The first-order valence-corrected chi connectivity index (χ1v) is 10.1. The van der Waals surface area contributed by atoms with Crippen molar-refractivity contribution < 1.29 is 27.5 Å². The normalized spacial score (nSPS) is 21.4. The van der Waals surface area contributed by atoms with Gasteiger partial charge in [0.05, 0.1) is 18.5 Å². The lowest BCUT2D eigenvalue weighted by Crippen LogP contribution is -2.36. The van der Waals surface area contributed by atoms with E-state index in [4.69, 9.17) is 9.47 Å². The molecule has 1 aliphatic rings. The van der Waals surface area contributed by atoms with Crippen molar-refractivity contribution in [3.63, 3.8) is 0 Å². The summed E-state index contributed by atoms with van der Waals surface area (Å²) in [6.07, 6.45) is 0. The zero-order valence-corrected chi connectivity index (χ0v) is 15.8. The fraction of sp³-hybridized carbons (Fsp3) is 0.556. The Kier molecular flexibility index (Phi) is 5.56. The molecule has 0 bridgehead atoms. The van der Waals surface area contributed by atoms with Crippen LogP contribution in [0.1, 0.15) is 37.8 Å². The van der Waals surface area contributed by atoms with E-state index in [0.29, 0.717) is 5.56 Å². The summed E-state index contributed by atoms with van der Waals surface area (Å²) in [5, 5.41) is -1.16. The molecule has 0 aliphatic heterocycles. The third-order valence-electron chi connectivity index (χ3n) is 4.59. The zero-order valence-electron chi connectivity index (χ0n) is 14.9. The Morgan fingerprint density at radius 1 is 1.00 bits per heavy atom. The van der Waals surface area contributed by atoms with Crippen LogP contribution in [0.2, 0.25) is 0 Å². The molecule has 7 heteroatoms. The molecule has 1 aromatic rings. The van der Waals surface area contributed by atoms with Gasteiger partial charge in [-0.25, -0.2) is 8.42 Å². The molecule has 1 saturated carbocycles. The topological polar surface area (TPSA) is 86.7 Å². The Labute approximate surface area is 148 Å². The lowest BCUT2D eigenvalue weighted by Gasteiger charge is -2.15. The van der Waals surface area contributed by atoms with Gasteiger partial charge in [0, 0.05) is 11.7 Å². The van der Waals surface area contributed by atoms with Gasteiger partial charge in [-0.05, 0) is 26.3 Å². The van der Waals surface area contributed by atoms with Crippen molar-refractivity contribution in [2.45, 2.75) is 38.9 Å². The highest BCUT2D eigenvalue weighted by atomic mass is 32.2. The number of carbonyl (C=O) groups is 2. The van der Waals surface area contributed by atoms with Crippen LogP contribution in [-0.4, -0.2) is 44.6 Å². The fourth-order valence-electron chi connectivity index (χ4n) is 3.31. The predicted molar refractivity (Wildman–Crippen MR) is 92.9 cm³/mol. The van der Waals surface area contributed by atoms with E-state index in [1.807, 2.05) is 19.1 Å². The average molecular weight is 368 g/mol. The van der Waals surface area contributed by atoms with Gasteiger partial charge in [-0.15, -0.1) is 0 Å². The maximum atomic E-state index is 12.7. The molecule has 1 aromatic carbocycles. The summed E-state index contributed by atoms with van der Waals surface area (Å²) < 4.78 is 35.4. The van der Waals surface area contributed by atoms with E-state index in [1.54, 1.807) is 26.0 Å². The van der Waals surface area contributed by atoms with Crippen molar-refractivity contribution in [1.29, 1.82) is 0 Å². The van der Waals surface area contributed by atoms with E-state index >= 15 is 0 Å². The number of benzene rings is 1. The first kappa shape index (κ1) is 19.4. The van der Waals surface area contributed by atoms with Crippen LogP contribution in [0.25, 0.3) is 0 Å². The Bertz CT molecular complexity index is 732. The first-order valence-electron chi connectivity index (χ1n) is 8.39. The third kappa shape index (κ3) is 3.17. The Morgan fingerprint density at radius 2 is 1.48 bits per heavy atom. The van der Waals surface area contributed by atoms with Crippen molar-refractivity contribution >= 4 is 21.8 Å². The molecular formula is C18H24O6S. The van der Waals surface area contributed by atoms with E-state index in [-0.39, 0.29) is 19.0 Å². The highest BCUT2D eigenvalue weighted by molar-refractivity contribution is 7.92. The second kappa shape index (κ2) is 7.15. The molecule has 2 rings (SSSR count). The summed E-state index contributed by atoms with van der Waals surface area (Å²) in [6, 6.07) is 7.14. The number of aryl methyl sites for hydroxylation is 1. The molecular weight excluding hydrogens is 344 g/mol. The van der Waals surface area contributed by atoms with Crippen LogP contribution in [0, 0.1) is 12.3 Å². The number of esters is 2. The van der Waals surface area contributed by atoms with Gasteiger partial charge in [-0.2, -0.15) is 0 Å². The second-order valence-corrected chi connectivity index (χ2v) is 8.48. The second-order valence-electron chi connectivity index (χ2n) is 6.07. The Hall–Kier alpha value is -1.89. The monoisotopic (exact) mass is 368 g/mol. The van der Waals surface area contributed by atoms with Crippen LogP contribution in [-0.2, 0) is 28.9 Å². The maximum Gasteiger partial charge on any atom is 0.325 e. The molecule has 1 fully saturated rings. The molecule has 2 atom stereocenters. The van der Waals surface area contributed by atoms with E-state index in [2.05, 4.69) is 0 Å². The van der Waals surface area contributed by atoms with Gasteiger partial charge in [0.2, 0.25) is 0 Å². The summed E-state index contributed by atoms with van der Waals surface area (Å²) in [7, 11) is -3.67. The number of ether oxygens (including phenoxy) is 2. The van der Waals surface area contributed by atoms with E-state index in [1.165, 1.54) is 6.92 Å². The molecule has 0 spiro atoms. The van der Waals surface area contributed by atoms with Crippen LogP contribution >= 0.6 is 0 Å². The average Bonchev–Trinajstić information content (AvgIpc) is 3.28. The third-order valence-corrected chi connectivity index (χ3v) is 6.81. The van der Waals surface area contributed by atoms with Crippen molar-refractivity contribution in [2.75, 3.05) is 19.0 Å². The van der Waals surface area contributed by atoms with E-state index in [0.717, 1.165) is 5.56 Å². The molecule has 1 aliphatic carbocycles. The number of hydrogen-bond donors (Lipinski definition) is 0. The Morgan fingerprint density at radius 3 is 1.88 bits per heavy atom. The van der Waals surface area contributed by atoms with Gasteiger partial charge in [-0.3, -0.25) is 9.59 Å². The van der Waals surface area contributed by atoms with Crippen molar-refractivity contribution in [3.8, 4) is 0 Å². The smallest absolute Gasteiger partial charge is 0.325 e. The SMILES string of the molecule is CCOC(=O)C1(C(=O)OCC)[C@H](c2ccc(C)cc2)[C@@H]1S(=O)(=O)CC. The fourth-order valence-corrected chi connectivity index (χ4v) is 5.28.